The average molecular weight is 418 g/mol. The summed E-state index contributed by atoms with van der Waals surface area (Å²) in [5.41, 5.74) is 8.61. The van der Waals surface area contributed by atoms with Crippen LogP contribution in [0.5, 0.6) is 0 Å². The van der Waals surface area contributed by atoms with E-state index in [-0.39, 0.29) is 5.92 Å². The van der Waals surface area contributed by atoms with Crippen LogP contribution in [0.25, 0.3) is 49.2 Å². The minimum absolute atomic E-state index is 0.275. The Morgan fingerprint density at radius 3 is 2.31 bits per heavy atom. The quantitative estimate of drug-likeness (QED) is 0.217. The predicted molar refractivity (Wildman–Crippen MR) is 131 cm³/mol. The first-order chi connectivity index (χ1) is 15.5. The molecule has 0 aliphatic carbocycles. The molecule has 5 rings (SSSR count). The van der Waals surface area contributed by atoms with Crippen molar-refractivity contribution in [2.24, 2.45) is 7.05 Å². The Hall–Kier alpha value is -3.90. The van der Waals surface area contributed by atoms with Crippen LogP contribution in [0.3, 0.4) is 0 Å². The molecule has 0 atom stereocenters. The maximum atomic E-state index is 8.08. The van der Waals surface area contributed by atoms with Crippen molar-refractivity contribution in [2.75, 3.05) is 0 Å². The molecule has 3 heteroatoms. The lowest BCUT2D eigenvalue weighted by Crippen LogP contribution is -2.30. The number of aryl methyl sites for hydroxylation is 2. The van der Waals surface area contributed by atoms with Gasteiger partial charge < -0.3 is 4.42 Å². The normalized spacial score (nSPS) is 11.4. The lowest BCUT2D eigenvalue weighted by molar-refractivity contribution is -0.660. The second-order valence-electron chi connectivity index (χ2n) is 8.63. The van der Waals surface area contributed by atoms with Crippen LogP contribution in [-0.4, -0.2) is 0 Å². The smallest absolute Gasteiger partial charge is 0.237 e. The number of rotatable bonds is 3. The van der Waals surface area contributed by atoms with Crippen molar-refractivity contribution < 1.29 is 8.98 Å². The highest BCUT2D eigenvalue weighted by atomic mass is 16.3. The highest BCUT2D eigenvalue weighted by molar-refractivity contribution is 6.15. The number of furan rings is 1. The summed E-state index contributed by atoms with van der Waals surface area (Å²) in [6.45, 7) is 14.6. The van der Waals surface area contributed by atoms with E-state index < -0.39 is 0 Å². The minimum atomic E-state index is 0.275. The van der Waals surface area contributed by atoms with Crippen LogP contribution >= 0.6 is 0 Å². The average Bonchev–Trinajstić information content (AvgIpc) is 3.17. The molecule has 0 aliphatic rings. The van der Waals surface area contributed by atoms with E-state index in [0.717, 1.165) is 44.3 Å². The Morgan fingerprint density at radius 1 is 0.875 bits per heavy atom. The lowest BCUT2D eigenvalue weighted by Gasteiger charge is -2.15. The molecule has 5 aromatic rings. The van der Waals surface area contributed by atoms with Crippen LogP contribution in [0.15, 0.2) is 77.3 Å². The Balaban J connectivity index is 1.95. The van der Waals surface area contributed by atoms with Gasteiger partial charge in [-0.1, -0.05) is 56.3 Å². The molecule has 3 aromatic carbocycles. The molecule has 0 bridgehead atoms. The van der Waals surface area contributed by atoms with Crippen LogP contribution in [0.4, 0.5) is 5.69 Å². The third kappa shape index (κ3) is 2.99. The first kappa shape index (κ1) is 20.0. The maximum absolute atomic E-state index is 8.08. The molecule has 0 amide bonds. The van der Waals surface area contributed by atoms with Gasteiger partial charge in [0.25, 0.3) is 0 Å². The number of benzene rings is 3. The van der Waals surface area contributed by atoms with Crippen molar-refractivity contribution in [3.8, 4) is 22.4 Å². The second kappa shape index (κ2) is 7.66. The van der Waals surface area contributed by atoms with Crippen LogP contribution < -0.4 is 4.57 Å². The van der Waals surface area contributed by atoms with Gasteiger partial charge in [0, 0.05) is 22.9 Å². The van der Waals surface area contributed by atoms with E-state index in [1.165, 1.54) is 5.56 Å². The van der Waals surface area contributed by atoms with Crippen LogP contribution in [0.2, 0.25) is 0 Å². The summed E-state index contributed by atoms with van der Waals surface area (Å²) < 4.78 is 8.68. The van der Waals surface area contributed by atoms with Gasteiger partial charge in [-0.05, 0) is 47.2 Å². The van der Waals surface area contributed by atoms with Gasteiger partial charge in [0.1, 0.15) is 18.2 Å². The van der Waals surface area contributed by atoms with Crippen molar-refractivity contribution in [2.45, 2.75) is 26.7 Å². The Bertz CT molecular complexity index is 1520. The van der Waals surface area contributed by atoms with Crippen LogP contribution in [0.1, 0.15) is 30.9 Å². The van der Waals surface area contributed by atoms with E-state index >= 15 is 0 Å². The summed E-state index contributed by atoms with van der Waals surface area (Å²) in [5.74, 6) is 0.275. The van der Waals surface area contributed by atoms with Crippen molar-refractivity contribution in [1.29, 1.82) is 0 Å². The summed E-state index contributed by atoms with van der Waals surface area (Å²) in [6.07, 6.45) is 2.05. The minimum Gasteiger partial charge on any atom is -0.466 e. The van der Waals surface area contributed by atoms with Crippen molar-refractivity contribution in [3.63, 3.8) is 0 Å². The van der Waals surface area contributed by atoms with Gasteiger partial charge in [0.05, 0.1) is 12.1 Å². The molecule has 0 saturated carbocycles. The number of nitrogens with zero attached hydrogens (tertiary/aromatic N) is 2. The number of fused-ring (bicyclic) bond motifs is 3. The molecule has 0 N–H and O–H groups in total. The monoisotopic (exact) mass is 417 g/mol. The number of aromatic nitrogens is 1. The first-order valence-electron chi connectivity index (χ1n) is 10.9. The third-order valence-electron chi connectivity index (χ3n) is 6.25. The first-order valence-corrected chi connectivity index (χ1v) is 10.9. The van der Waals surface area contributed by atoms with Gasteiger partial charge >= 0.3 is 0 Å². The predicted octanol–water partition coefficient (Wildman–Crippen LogP) is 7.73. The second-order valence-corrected chi connectivity index (χ2v) is 8.63. The zero-order valence-corrected chi connectivity index (χ0v) is 18.8. The fourth-order valence-electron chi connectivity index (χ4n) is 4.65. The number of hydrogen-bond donors (Lipinski definition) is 0. The summed E-state index contributed by atoms with van der Waals surface area (Å²) >= 11 is 0. The summed E-state index contributed by atoms with van der Waals surface area (Å²) in [7, 11) is 2.05. The van der Waals surface area contributed by atoms with Gasteiger partial charge in [0.2, 0.25) is 11.4 Å². The van der Waals surface area contributed by atoms with Crippen molar-refractivity contribution in [1.82, 2.24) is 0 Å². The molecule has 2 heterocycles. The Labute approximate surface area is 188 Å². The SMILES string of the molecule is [C-]#[N+]c1c(-c2ccccc2)c(C(C)C)cc2c1oc1c(-c3cccc[n+]3C)c(C)ccc12. The lowest BCUT2D eigenvalue weighted by atomic mass is 9.89. The molecule has 0 spiro atoms. The molecular weight excluding hydrogens is 392 g/mol. The number of pyridine rings is 1. The third-order valence-corrected chi connectivity index (χ3v) is 6.25. The highest BCUT2D eigenvalue weighted by Crippen LogP contribution is 2.47. The summed E-state index contributed by atoms with van der Waals surface area (Å²) in [4.78, 5) is 4.01. The molecule has 0 radical (unpaired) electrons. The van der Waals surface area contributed by atoms with Crippen LogP contribution in [-0.2, 0) is 7.05 Å². The Kier molecular flexibility index (Phi) is 4.79. The molecular formula is C29H25N2O+. The fourth-order valence-corrected chi connectivity index (χ4v) is 4.65. The van der Waals surface area contributed by atoms with E-state index in [9.17, 15) is 0 Å². The standard InChI is InChI=1S/C29H25N2O/c1-18(2)22-17-23-21-15-14-19(3)25(24-13-9-10-16-31(24)5)28(21)32-29(23)27(30-4)26(22)20-11-7-6-8-12-20/h6-18H,1-3,5H3/q+1. The molecule has 32 heavy (non-hydrogen) atoms. The molecule has 0 aliphatic heterocycles. The van der Waals surface area contributed by atoms with Gasteiger partial charge in [-0.2, -0.15) is 0 Å². The largest absolute Gasteiger partial charge is 0.466 e. The zero-order valence-electron chi connectivity index (χ0n) is 18.8. The molecule has 0 unspecified atom stereocenters. The molecule has 156 valence electrons. The summed E-state index contributed by atoms with van der Waals surface area (Å²) in [5, 5.41) is 2.06. The highest BCUT2D eigenvalue weighted by Gasteiger charge is 2.25. The summed E-state index contributed by atoms with van der Waals surface area (Å²) in [6, 6.07) is 22.9. The van der Waals surface area contributed by atoms with Gasteiger partial charge in [0.15, 0.2) is 6.20 Å². The fraction of sp³-hybridized carbons (Fsp3) is 0.172. The molecule has 2 aromatic heterocycles. The van der Waals surface area contributed by atoms with Gasteiger partial charge in [-0.25, -0.2) is 9.41 Å². The van der Waals surface area contributed by atoms with Gasteiger partial charge in [-0.3, -0.25) is 0 Å². The molecule has 0 fully saturated rings. The van der Waals surface area contributed by atoms with E-state index in [4.69, 9.17) is 11.0 Å². The van der Waals surface area contributed by atoms with Crippen molar-refractivity contribution in [3.05, 3.63) is 95.5 Å². The number of hydrogen-bond acceptors (Lipinski definition) is 1. The molecule has 0 saturated heterocycles. The molecule has 3 nitrogen and oxygen atoms in total. The van der Waals surface area contributed by atoms with E-state index in [1.807, 2.05) is 43.6 Å². The zero-order chi connectivity index (χ0) is 22.4. The van der Waals surface area contributed by atoms with Crippen LogP contribution in [0, 0.1) is 13.5 Å². The van der Waals surface area contributed by atoms with Crippen molar-refractivity contribution >= 4 is 27.6 Å². The topological polar surface area (TPSA) is 21.4 Å². The maximum Gasteiger partial charge on any atom is 0.237 e. The van der Waals surface area contributed by atoms with E-state index in [0.29, 0.717) is 11.3 Å². The van der Waals surface area contributed by atoms with Gasteiger partial charge in [-0.15, -0.1) is 0 Å². The Morgan fingerprint density at radius 2 is 1.62 bits per heavy atom. The van der Waals surface area contributed by atoms with E-state index in [1.54, 1.807) is 0 Å². The van der Waals surface area contributed by atoms with E-state index in [2.05, 4.69) is 66.6 Å².